The summed E-state index contributed by atoms with van der Waals surface area (Å²) >= 11 is 0. The molecular weight excluding hydrogens is 306 g/mol. The summed E-state index contributed by atoms with van der Waals surface area (Å²) in [5.41, 5.74) is 1.49. The zero-order valence-corrected chi connectivity index (χ0v) is 14.0. The van der Waals surface area contributed by atoms with Gasteiger partial charge in [-0.05, 0) is 32.6 Å². The number of hydrogen-bond donors (Lipinski definition) is 1. The first-order valence-corrected chi connectivity index (χ1v) is 7.65. The molecule has 0 saturated carbocycles. The number of nitro benzene ring substituents is 1. The van der Waals surface area contributed by atoms with E-state index in [9.17, 15) is 14.9 Å². The van der Waals surface area contributed by atoms with E-state index in [2.05, 4.69) is 5.32 Å². The van der Waals surface area contributed by atoms with E-state index in [1.54, 1.807) is 19.1 Å². The lowest BCUT2D eigenvalue weighted by Crippen LogP contribution is -2.34. The van der Waals surface area contributed by atoms with Gasteiger partial charge in [0.2, 0.25) is 0 Å². The Morgan fingerprint density at radius 3 is 2.42 bits per heavy atom. The van der Waals surface area contributed by atoms with Crippen molar-refractivity contribution in [3.05, 3.63) is 75.3 Å². The molecule has 2 rings (SSSR count). The molecule has 0 saturated heterocycles. The second-order valence-corrected chi connectivity index (χ2v) is 5.83. The van der Waals surface area contributed by atoms with Crippen molar-refractivity contribution in [2.45, 2.75) is 13.0 Å². The van der Waals surface area contributed by atoms with Gasteiger partial charge in [-0.1, -0.05) is 42.5 Å². The van der Waals surface area contributed by atoms with Crippen LogP contribution < -0.4 is 5.32 Å². The van der Waals surface area contributed by atoms with Crippen molar-refractivity contribution in [2.24, 2.45) is 0 Å². The van der Waals surface area contributed by atoms with Gasteiger partial charge in [0.05, 0.1) is 11.0 Å². The topological polar surface area (TPSA) is 75.5 Å². The molecule has 1 atom stereocenters. The summed E-state index contributed by atoms with van der Waals surface area (Å²) in [6.45, 7) is 1.99. The third kappa shape index (κ3) is 3.97. The molecule has 0 unspecified atom stereocenters. The molecule has 0 fully saturated rings. The highest BCUT2D eigenvalue weighted by molar-refractivity contribution is 5.98. The summed E-state index contributed by atoms with van der Waals surface area (Å²) in [6, 6.07) is 14.5. The van der Waals surface area contributed by atoms with Gasteiger partial charge in [0.15, 0.2) is 0 Å². The van der Waals surface area contributed by atoms with Crippen LogP contribution in [0.25, 0.3) is 0 Å². The Morgan fingerprint density at radius 1 is 1.17 bits per heavy atom. The molecule has 126 valence electrons. The van der Waals surface area contributed by atoms with E-state index >= 15 is 0 Å². The van der Waals surface area contributed by atoms with Crippen molar-refractivity contribution >= 4 is 11.6 Å². The molecule has 2 aromatic rings. The molecule has 0 aromatic heterocycles. The van der Waals surface area contributed by atoms with E-state index < -0.39 is 10.8 Å². The van der Waals surface area contributed by atoms with E-state index in [1.165, 1.54) is 6.07 Å². The quantitative estimate of drug-likeness (QED) is 0.654. The molecule has 0 aliphatic heterocycles. The fraction of sp³-hybridized carbons (Fsp3) is 0.278. The van der Waals surface area contributed by atoms with E-state index in [0.29, 0.717) is 12.1 Å². The molecule has 0 aliphatic carbocycles. The van der Waals surface area contributed by atoms with Gasteiger partial charge in [-0.2, -0.15) is 0 Å². The van der Waals surface area contributed by atoms with Crippen LogP contribution in [0.4, 0.5) is 5.69 Å². The number of hydrogen-bond acceptors (Lipinski definition) is 4. The average molecular weight is 327 g/mol. The number of rotatable bonds is 6. The molecule has 0 radical (unpaired) electrons. The summed E-state index contributed by atoms with van der Waals surface area (Å²) in [4.78, 5) is 25.2. The van der Waals surface area contributed by atoms with Gasteiger partial charge in [-0.25, -0.2) is 0 Å². The summed E-state index contributed by atoms with van der Waals surface area (Å²) in [5.74, 6) is -0.437. The first-order chi connectivity index (χ1) is 11.4. The van der Waals surface area contributed by atoms with Crippen LogP contribution in [-0.2, 0) is 0 Å². The Bertz CT molecular complexity index is 730. The van der Waals surface area contributed by atoms with Crippen molar-refractivity contribution < 1.29 is 9.72 Å². The highest BCUT2D eigenvalue weighted by atomic mass is 16.6. The van der Waals surface area contributed by atoms with E-state index in [0.717, 1.165) is 5.56 Å². The smallest absolute Gasteiger partial charge is 0.285 e. The maximum atomic E-state index is 12.4. The Balaban J connectivity index is 2.18. The van der Waals surface area contributed by atoms with Crippen LogP contribution in [0.15, 0.2) is 48.5 Å². The van der Waals surface area contributed by atoms with E-state index in [1.807, 2.05) is 49.3 Å². The first-order valence-electron chi connectivity index (χ1n) is 7.65. The molecule has 0 heterocycles. The average Bonchev–Trinajstić information content (AvgIpc) is 2.55. The van der Waals surface area contributed by atoms with Crippen LogP contribution in [0.3, 0.4) is 0 Å². The van der Waals surface area contributed by atoms with Crippen LogP contribution in [0.1, 0.15) is 27.5 Å². The summed E-state index contributed by atoms with van der Waals surface area (Å²) in [7, 11) is 3.86. The third-order valence-electron chi connectivity index (χ3n) is 3.93. The van der Waals surface area contributed by atoms with Crippen LogP contribution >= 0.6 is 0 Å². The lowest BCUT2D eigenvalue weighted by atomic mass is 10.0. The van der Waals surface area contributed by atoms with Gasteiger partial charge in [0.25, 0.3) is 11.6 Å². The van der Waals surface area contributed by atoms with Crippen molar-refractivity contribution in [2.75, 3.05) is 20.6 Å². The van der Waals surface area contributed by atoms with Gasteiger partial charge >= 0.3 is 0 Å². The lowest BCUT2D eigenvalue weighted by Gasteiger charge is -2.25. The predicted molar refractivity (Wildman–Crippen MR) is 93.0 cm³/mol. The molecule has 0 bridgehead atoms. The summed E-state index contributed by atoms with van der Waals surface area (Å²) < 4.78 is 0. The Kier molecular flexibility index (Phi) is 5.65. The number of carbonyl (C=O) groups excluding carboxylic acids is 1. The molecule has 6 heteroatoms. The normalized spacial score (nSPS) is 12.0. The molecule has 1 N–H and O–H groups in total. The predicted octanol–water partition coefficient (Wildman–Crippen LogP) is 2.94. The second kappa shape index (κ2) is 7.70. The van der Waals surface area contributed by atoms with Crippen molar-refractivity contribution in [1.82, 2.24) is 10.2 Å². The summed E-state index contributed by atoms with van der Waals surface area (Å²) in [6.07, 6.45) is 0. The van der Waals surface area contributed by atoms with Gasteiger partial charge in [-0.3, -0.25) is 14.9 Å². The lowest BCUT2D eigenvalue weighted by molar-refractivity contribution is -0.385. The molecule has 1 amide bonds. The van der Waals surface area contributed by atoms with E-state index in [4.69, 9.17) is 0 Å². The minimum atomic E-state index is -0.509. The maximum absolute atomic E-state index is 12.4. The van der Waals surface area contributed by atoms with Crippen molar-refractivity contribution in [3.63, 3.8) is 0 Å². The highest BCUT2D eigenvalue weighted by Gasteiger charge is 2.23. The second-order valence-electron chi connectivity index (χ2n) is 5.83. The first kappa shape index (κ1) is 17.6. The van der Waals surface area contributed by atoms with Gasteiger partial charge in [0, 0.05) is 12.1 Å². The largest absolute Gasteiger partial charge is 0.350 e. The molecule has 2 aromatic carbocycles. The molecule has 0 spiro atoms. The number of para-hydroxylation sites is 1. The van der Waals surface area contributed by atoms with Crippen LogP contribution in [0, 0.1) is 17.0 Å². The monoisotopic (exact) mass is 327 g/mol. The number of carbonyl (C=O) groups is 1. The maximum Gasteiger partial charge on any atom is 0.285 e. The van der Waals surface area contributed by atoms with Crippen molar-refractivity contribution in [3.8, 4) is 0 Å². The number of likely N-dealkylation sites (N-methyl/N-ethyl adjacent to an activating group) is 1. The SMILES string of the molecule is Cc1cccc(C(=O)NC[C@@H](c2ccccc2)N(C)C)c1[N+](=O)[O-]. The molecule has 6 nitrogen and oxygen atoms in total. The molecular formula is C18H21N3O3. The third-order valence-corrected chi connectivity index (χ3v) is 3.93. The minimum absolute atomic E-state index is 0.0148. The standard InChI is InChI=1S/C18H21N3O3/c1-13-8-7-11-15(17(13)21(23)24)18(22)19-12-16(20(2)3)14-9-5-4-6-10-14/h4-11,16H,12H2,1-3H3,(H,19,22)/t16-/m0/s1. The van der Waals surface area contributed by atoms with Crippen LogP contribution in [0.5, 0.6) is 0 Å². The number of benzene rings is 2. The zero-order valence-electron chi connectivity index (χ0n) is 14.0. The minimum Gasteiger partial charge on any atom is -0.350 e. The fourth-order valence-electron chi connectivity index (χ4n) is 2.64. The number of nitrogens with one attached hydrogen (secondary N) is 1. The van der Waals surface area contributed by atoms with Crippen molar-refractivity contribution in [1.29, 1.82) is 0 Å². The van der Waals surface area contributed by atoms with Gasteiger partial charge in [0.1, 0.15) is 5.56 Å². The van der Waals surface area contributed by atoms with Crippen LogP contribution in [0.2, 0.25) is 0 Å². The highest BCUT2D eigenvalue weighted by Crippen LogP contribution is 2.23. The number of aryl methyl sites for hydroxylation is 1. The van der Waals surface area contributed by atoms with Gasteiger partial charge < -0.3 is 10.2 Å². The van der Waals surface area contributed by atoms with Crippen LogP contribution in [-0.4, -0.2) is 36.4 Å². The molecule has 0 aliphatic rings. The number of nitro groups is 1. The summed E-state index contributed by atoms with van der Waals surface area (Å²) in [5, 5.41) is 14.0. The number of amides is 1. The Morgan fingerprint density at radius 2 is 1.83 bits per heavy atom. The number of nitrogens with zero attached hydrogens (tertiary/aromatic N) is 2. The Hall–Kier alpha value is -2.73. The molecule has 24 heavy (non-hydrogen) atoms. The van der Waals surface area contributed by atoms with Gasteiger partial charge in [-0.15, -0.1) is 0 Å². The zero-order chi connectivity index (χ0) is 17.7. The fourth-order valence-corrected chi connectivity index (χ4v) is 2.64. The van der Waals surface area contributed by atoms with E-state index in [-0.39, 0.29) is 17.3 Å². The Labute approximate surface area is 141 Å².